The van der Waals surface area contributed by atoms with E-state index in [0.29, 0.717) is 18.4 Å². The molecule has 0 spiro atoms. The lowest BCUT2D eigenvalue weighted by molar-refractivity contribution is -0.324. The van der Waals surface area contributed by atoms with Crippen molar-refractivity contribution in [2.24, 2.45) is 7.05 Å². The lowest BCUT2D eigenvalue weighted by Gasteiger charge is -2.16. The maximum absolute atomic E-state index is 13.3. The van der Waals surface area contributed by atoms with Crippen molar-refractivity contribution in [3.63, 3.8) is 0 Å². The molecule has 0 aliphatic heterocycles. The van der Waals surface area contributed by atoms with Gasteiger partial charge >= 0.3 is 12.1 Å². The molecule has 14 heteroatoms. The van der Waals surface area contributed by atoms with E-state index in [9.17, 15) is 31.2 Å². The second kappa shape index (κ2) is 8.91. The Labute approximate surface area is 198 Å². The number of hydrogen-bond donors (Lipinski definition) is 1. The quantitative estimate of drug-likeness (QED) is 0.434. The lowest BCUT2D eigenvalue weighted by Crippen LogP contribution is -2.40. The summed E-state index contributed by atoms with van der Waals surface area (Å²) in [5.41, 5.74) is -1.33. The highest BCUT2D eigenvalue weighted by molar-refractivity contribution is 7.89. The number of ether oxygens (including phenoxy) is 1. The number of aromatic nitrogens is 4. The smallest absolute Gasteiger partial charge is 0.293 e. The summed E-state index contributed by atoms with van der Waals surface area (Å²) in [5.74, 6) is 0. The van der Waals surface area contributed by atoms with Gasteiger partial charge in [0.15, 0.2) is 0 Å². The van der Waals surface area contributed by atoms with E-state index < -0.39 is 39.8 Å². The molecule has 35 heavy (non-hydrogen) atoms. The second-order valence-corrected chi connectivity index (χ2v) is 10.5. The number of nitrogens with zero attached hydrogens (tertiary/aromatic N) is 4. The maximum atomic E-state index is 13.3. The van der Waals surface area contributed by atoms with E-state index in [1.807, 2.05) is 0 Å². The first-order valence-electron chi connectivity index (χ1n) is 10.8. The Morgan fingerprint density at radius 2 is 1.91 bits per heavy atom. The van der Waals surface area contributed by atoms with Gasteiger partial charge in [0.25, 0.3) is 5.56 Å². The predicted molar refractivity (Wildman–Crippen MR) is 119 cm³/mol. The third-order valence-corrected chi connectivity index (χ3v) is 7.41. The Balaban J connectivity index is 1.79. The highest BCUT2D eigenvalue weighted by Gasteiger charge is 2.41. The Hall–Kier alpha value is -2.97. The molecule has 1 aliphatic carbocycles. The van der Waals surface area contributed by atoms with Crippen molar-refractivity contribution in [3.05, 3.63) is 57.0 Å². The van der Waals surface area contributed by atoms with Gasteiger partial charge in [-0.1, -0.05) is 0 Å². The van der Waals surface area contributed by atoms with E-state index in [0.717, 1.165) is 9.13 Å². The summed E-state index contributed by atoms with van der Waals surface area (Å²) in [7, 11) is -2.27. The van der Waals surface area contributed by atoms with Crippen LogP contribution in [0.4, 0.5) is 13.2 Å². The summed E-state index contributed by atoms with van der Waals surface area (Å²) in [6.07, 6.45) is -0.508. The molecule has 2 aromatic heterocycles. The average molecular weight is 516 g/mol. The molecule has 1 fully saturated rings. The number of fused-ring (bicyclic) bond motifs is 1. The van der Waals surface area contributed by atoms with Crippen LogP contribution in [0.15, 0.2) is 45.1 Å². The van der Waals surface area contributed by atoms with Gasteiger partial charge in [-0.05, 0) is 44.4 Å². The van der Waals surface area contributed by atoms with Crippen LogP contribution < -0.4 is 16.0 Å². The summed E-state index contributed by atoms with van der Waals surface area (Å²) >= 11 is 0. The van der Waals surface area contributed by atoms with Crippen LogP contribution in [0.25, 0.3) is 10.9 Å². The zero-order chi connectivity index (χ0) is 25.6. The van der Waals surface area contributed by atoms with Crippen LogP contribution in [-0.2, 0) is 34.9 Å². The largest absolute Gasteiger partial charge is 0.522 e. The van der Waals surface area contributed by atoms with Crippen molar-refractivity contribution < 1.29 is 26.3 Å². The number of hydrogen-bond acceptors (Lipinski definition) is 6. The molecule has 1 saturated carbocycles. The molecule has 0 atom stereocenters. The fourth-order valence-electron chi connectivity index (χ4n) is 3.75. The van der Waals surface area contributed by atoms with E-state index in [1.165, 1.54) is 29.1 Å². The highest BCUT2D eigenvalue weighted by atomic mass is 32.2. The third kappa shape index (κ3) is 5.65. The molecular formula is C21H24F3N5O5S. The summed E-state index contributed by atoms with van der Waals surface area (Å²) in [6, 6.07) is 3.78. The molecule has 0 unspecified atom stereocenters. The standard InChI is InChI=1S/C21H24F3N5O5S/c1-20(6-7-20)26-35(32,33)15-4-5-17-16(10-15)18(30)29(13-14-11-25-27(2)12-14)19(31)28(17)8-3-9-34-21(22,23)24/h4-5,10-12,26H,3,6-9,13H2,1-2H3. The third-order valence-electron chi connectivity index (χ3n) is 5.78. The summed E-state index contributed by atoms with van der Waals surface area (Å²) in [5, 5.41) is 3.96. The molecule has 3 aromatic rings. The Bertz CT molecular complexity index is 1490. The predicted octanol–water partition coefficient (Wildman–Crippen LogP) is 1.70. The summed E-state index contributed by atoms with van der Waals surface area (Å²) in [6.45, 7) is 0.760. The van der Waals surface area contributed by atoms with Crippen molar-refractivity contribution >= 4 is 20.9 Å². The van der Waals surface area contributed by atoms with Crippen LogP contribution in [0.5, 0.6) is 0 Å². The van der Waals surface area contributed by atoms with Gasteiger partial charge in [-0.3, -0.25) is 23.3 Å². The monoisotopic (exact) mass is 515 g/mol. The van der Waals surface area contributed by atoms with Gasteiger partial charge in [-0.25, -0.2) is 17.9 Å². The molecular weight excluding hydrogens is 491 g/mol. The van der Waals surface area contributed by atoms with Gasteiger partial charge in [-0.15, -0.1) is 13.2 Å². The number of halogens is 3. The van der Waals surface area contributed by atoms with Crippen LogP contribution in [0, 0.1) is 0 Å². The molecule has 10 nitrogen and oxygen atoms in total. The number of sulfonamides is 1. The van der Waals surface area contributed by atoms with Crippen molar-refractivity contribution in [1.29, 1.82) is 0 Å². The lowest BCUT2D eigenvalue weighted by atomic mass is 10.2. The van der Waals surface area contributed by atoms with E-state index in [4.69, 9.17) is 0 Å². The minimum absolute atomic E-state index is 0.0472. The normalized spacial score (nSPS) is 15.6. The summed E-state index contributed by atoms with van der Waals surface area (Å²) < 4.78 is 72.7. The van der Waals surface area contributed by atoms with Crippen LogP contribution >= 0.6 is 0 Å². The van der Waals surface area contributed by atoms with Crippen LogP contribution in [0.1, 0.15) is 31.7 Å². The molecule has 0 radical (unpaired) electrons. The molecule has 2 heterocycles. The number of aryl methyl sites for hydroxylation is 2. The van der Waals surface area contributed by atoms with Crippen LogP contribution in [0.2, 0.25) is 0 Å². The molecule has 1 aromatic carbocycles. The molecule has 190 valence electrons. The minimum atomic E-state index is -4.80. The first-order chi connectivity index (χ1) is 16.3. The molecule has 0 bridgehead atoms. The van der Waals surface area contributed by atoms with Gasteiger partial charge < -0.3 is 0 Å². The van der Waals surface area contributed by atoms with Crippen molar-refractivity contribution in [1.82, 2.24) is 23.6 Å². The number of rotatable bonds is 9. The zero-order valence-corrected chi connectivity index (χ0v) is 19.8. The first-order valence-corrected chi connectivity index (χ1v) is 12.3. The second-order valence-electron chi connectivity index (χ2n) is 8.84. The van der Waals surface area contributed by atoms with Crippen molar-refractivity contribution in [3.8, 4) is 0 Å². The van der Waals surface area contributed by atoms with Gasteiger partial charge in [0.2, 0.25) is 10.0 Å². The van der Waals surface area contributed by atoms with Crippen molar-refractivity contribution in [2.45, 2.75) is 56.1 Å². The average Bonchev–Trinajstić information content (AvgIpc) is 3.33. The molecule has 4 rings (SSSR count). The zero-order valence-electron chi connectivity index (χ0n) is 19.0. The Morgan fingerprint density at radius 1 is 1.20 bits per heavy atom. The number of alkyl halides is 3. The SMILES string of the molecule is Cn1cc(Cn2c(=O)c3cc(S(=O)(=O)NC4(C)CC4)ccc3n(CCCOC(F)(F)F)c2=O)cn1. The molecule has 0 saturated heterocycles. The van der Waals surface area contributed by atoms with E-state index in [-0.39, 0.29) is 35.3 Å². The highest BCUT2D eigenvalue weighted by Crippen LogP contribution is 2.36. The van der Waals surface area contributed by atoms with Crippen molar-refractivity contribution in [2.75, 3.05) is 6.61 Å². The number of benzene rings is 1. The van der Waals surface area contributed by atoms with E-state index in [2.05, 4.69) is 14.6 Å². The van der Waals surface area contributed by atoms with Crippen LogP contribution in [0.3, 0.4) is 0 Å². The molecule has 1 aliphatic rings. The maximum Gasteiger partial charge on any atom is 0.522 e. The molecule has 0 amide bonds. The van der Waals surface area contributed by atoms with Gasteiger partial charge in [0.1, 0.15) is 0 Å². The molecule has 1 N–H and O–H groups in total. The first kappa shape index (κ1) is 25.1. The summed E-state index contributed by atoms with van der Waals surface area (Å²) in [4.78, 5) is 26.3. The Kier molecular flexibility index (Phi) is 6.40. The number of nitrogens with one attached hydrogen (secondary N) is 1. The minimum Gasteiger partial charge on any atom is -0.293 e. The fourth-order valence-corrected chi connectivity index (χ4v) is 5.24. The Morgan fingerprint density at radius 3 is 2.51 bits per heavy atom. The topological polar surface area (TPSA) is 117 Å². The van der Waals surface area contributed by atoms with Gasteiger partial charge in [0.05, 0.1) is 35.1 Å². The van der Waals surface area contributed by atoms with E-state index in [1.54, 1.807) is 20.2 Å². The van der Waals surface area contributed by atoms with Gasteiger partial charge in [-0.2, -0.15) is 5.10 Å². The fraction of sp³-hybridized carbons (Fsp3) is 0.476. The van der Waals surface area contributed by atoms with E-state index >= 15 is 0 Å². The van der Waals surface area contributed by atoms with Crippen LogP contribution in [-0.4, -0.2) is 45.8 Å². The van der Waals surface area contributed by atoms with Gasteiger partial charge in [0, 0.05) is 30.9 Å².